The largest absolute Gasteiger partial charge is 0.486 e. The van der Waals surface area contributed by atoms with Gasteiger partial charge in [-0.15, -0.1) is 0 Å². The van der Waals surface area contributed by atoms with Gasteiger partial charge in [0.1, 0.15) is 13.2 Å². The highest BCUT2D eigenvalue weighted by Gasteiger charge is 2.27. The van der Waals surface area contributed by atoms with Crippen molar-refractivity contribution in [2.24, 2.45) is 5.92 Å². The molecule has 1 fully saturated rings. The Balaban J connectivity index is 1.29. The molecule has 2 aromatic carbocycles. The summed E-state index contributed by atoms with van der Waals surface area (Å²) in [5.74, 6) is 1.40. The van der Waals surface area contributed by atoms with E-state index in [-0.39, 0.29) is 17.6 Å². The molecule has 0 unspecified atom stereocenters. The lowest BCUT2D eigenvalue weighted by Gasteiger charge is -2.31. The van der Waals surface area contributed by atoms with Crippen molar-refractivity contribution in [1.82, 2.24) is 4.90 Å². The van der Waals surface area contributed by atoms with Crippen LogP contribution >= 0.6 is 15.9 Å². The number of likely N-dealkylation sites (tertiary alicyclic amines) is 1. The molecule has 1 amide bonds. The predicted octanol–water partition coefficient (Wildman–Crippen LogP) is 4.06. The van der Waals surface area contributed by atoms with Crippen molar-refractivity contribution in [2.45, 2.75) is 19.8 Å². The summed E-state index contributed by atoms with van der Waals surface area (Å²) < 4.78 is 12.0. The monoisotopic (exact) mass is 472 g/mol. The third-order valence-corrected chi connectivity index (χ3v) is 6.21. The van der Waals surface area contributed by atoms with Crippen molar-refractivity contribution in [3.63, 3.8) is 0 Å². The molecule has 30 heavy (non-hydrogen) atoms. The molecule has 0 saturated carbocycles. The zero-order valence-corrected chi connectivity index (χ0v) is 18.5. The second kappa shape index (κ2) is 9.18. The first-order valence-corrected chi connectivity index (χ1v) is 11.0. The number of aryl methyl sites for hydroxylation is 1. The molecule has 2 aliphatic rings. The van der Waals surface area contributed by atoms with Crippen LogP contribution < -0.4 is 14.8 Å². The number of piperidine rings is 1. The number of carbonyl (C=O) groups excluding carboxylic acids is 2. The number of ether oxygens (including phenoxy) is 2. The van der Waals surface area contributed by atoms with Crippen LogP contribution in [0.25, 0.3) is 0 Å². The molecule has 0 atom stereocenters. The Bertz CT molecular complexity index is 954. The van der Waals surface area contributed by atoms with Gasteiger partial charge in [0.2, 0.25) is 5.91 Å². The summed E-state index contributed by atoms with van der Waals surface area (Å²) in [5.41, 5.74) is 2.57. The Hall–Kier alpha value is -2.38. The van der Waals surface area contributed by atoms with Crippen LogP contribution in [-0.4, -0.2) is 49.4 Å². The second-order valence-corrected chi connectivity index (χ2v) is 8.66. The fourth-order valence-electron chi connectivity index (χ4n) is 3.90. The summed E-state index contributed by atoms with van der Waals surface area (Å²) in [7, 11) is 0. The molecule has 4 rings (SSSR count). The number of Topliss-reactive ketones (excluding diaryl/α,β-unsaturated/α-hetero) is 1. The molecular formula is C23H25BrN2O4. The lowest BCUT2D eigenvalue weighted by molar-refractivity contribution is -0.117. The highest BCUT2D eigenvalue weighted by atomic mass is 79.9. The Morgan fingerprint density at radius 1 is 1.07 bits per heavy atom. The number of nitrogens with one attached hydrogen (secondary N) is 1. The average Bonchev–Trinajstić information content (AvgIpc) is 2.75. The summed E-state index contributed by atoms with van der Waals surface area (Å²) in [6, 6.07) is 11.3. The first-order chi connectivity index (χ1) is 14.5. The highest BCUT2D eigenvalue weighted by Crippen LogP contribution is 2.32. The summed E-state index contributed by atoms with van der Waals surface area (Å²) >= 11 is 3.49. The molecule has 6 nitrogen and oxygen atoms in total. The number of fused-ring (bicyclic) bond motifs is 1. The number of benzene rings is 2. The van der Waals surface area contributed by atoms with Crippen LogP contribution in [0.1, 0.15) is 28.8 Å². The zero-order chi connectivity index (χ0) is 21.1. The first-order valence-electron chi connectivity index (χ1n) is 10.2. The molecular weight excluding hydrogens is 448 g/mol. The SMILES string of the molecule is Cc1ccc(NC(=O)CN2CCC(C(=O)c3ccc4c(c3)OCCO4)CC2)c(Br)c1. The standard InChI is InChI=1S/C23H25BrN2O4/c1-15-2-4-19(18(24)12-15)25-22(27)14-26-8-6-16(7-9-26)23(28)17-3-5-20-21(13-17)30-11-10-29-20/h2-5,12-13,16H,6-11,14H2,1H3,(H,25,27). The maximum atomic E-state index is 12.9. The van der Waals surface area contributed by atoms with Crippen molar-refractivity contribution < 1.29 is 19.1 Å². The topological polar surface area (TPSA) is 67.9 Å². The van der Waals surface area contributed by atoms with E-state index in [9.17, 15) is 9.59 Å². The quantitative estimate of drug-likeness (QED) is 0.664. The van der Waals surface area contributed by atoms with Gasteiger partial charge in [0.05, 0.1) is 12.2 Å². The van der Waals surface area contributed by atoms with E-state index in [1.807, 2.05) is 37.3 Å². The van der Waals surface area contributed by atoms with Crippen LogP contribution in [0.3, 0.4) is 0 Å². The van der Waals surface area contributed by atoms with Gasteiger partial charge in [-0.3, -0.25) is 14.5 Å². The van der Waals surface area contributed by atoms with E-state index in [0.717, 1.165) is 41.7 Å². The molecule has 1 saturated heterocycles. The van der Waals surface area contributed by atoms with Gasteiger partial charge in [0, 0.05) is 16.0 Å². The third kappa shape index (κ3) is 4.84. The minimum absolute atomic E-state index is 0.0295. The smallest absolute Gasteiger partial charge is 0.238 e. The maximum absolute atomic E-state index is 12.9. The molecule has 7 heteroatoms. The number of anilines is 1. The number of nitrogens with zero attached hydrogens (tertiary/aromatic N) is 1. The van der Waals surface area contributed by atoms with Gasteiger partial charge >= 0.3 is 0 Å². The van der Waals surface area contributed by atoms with Gasteiger partial charge < -0.3 is 14.8 Å². The summed E-state index contributed by atoms with van der Waals surface area (Å²) in [4.78, 5) is 27.4. The van der Waals surface area contributed by atoms with E-state index < -0.39 is 0 Å². The second-order valence-electron chi connectivity index (χ2n) is 7.80. The molecule has 0 aliphatic carbocycles. The minimum atomic E-state index is -0.0452. The molecule has 0 aromatic heterocycles. The van der Waals surface area contributed by atoms with E-state index >= 15 is 0 Å². The number of amides is 1. The number of hydrogen-bond donors (Lipinski definition) is 1. The Kier molecular flexibility index (Phi) is 6.39. The van der Waals surface area contributed by atoms with E-state index in [4.69, 9.17) is 9.47 Å². The molecule has 2 aromatic rings. The Morgan fingerprint density at radius 3 is 2.53 bits per heavy atom. The van der Waals surface area contributed by atoms with Gasteiger partial charge in [-0.1, -0.05) is 6.07 Å². The van der Waals surface area contributed by atoms with E-state index in [2.05, 4.69) is 26.1 Å². The van der Waals surface area contributed by atoms with Gasteiger partial charge in [-0.2, -0.15) is 0 Å². The summed E-state index contributed by atoms with van der Waals surface area (Å²) in [6.45, 7) is 4.82. The number of hydrogen-bond acceptors (Lipinski definition) is 5. The molecule has 2 aliphatic heterocycles. The van der Waals surface area contributed by atoms with Crippen molar-refractivity contribution in [2.75, 3.05) is 38.2 Å². The lowest BCUT2D eigenvalue weighted by Crippen LogP contribution is -2.40. The Morgan fingerprint density at radius 2 is 1.80 bits per heavy atom. The Labute approximate surface area is 184 Å². The normalized spacial score (nSPS) is 16.9. The van der Waals surface area contributed by atoms with Crippen molar-refractivity contribution >= 4 is 33.3 Å². The lowest BCUT2D eigenvalue weighted by atomic mass is 9.88. The summed E-state index contributed by atoms with van der Waals surface area (Å²) in [6.07, 6.45) is 1.49. The van der Waals surface area contributed by atoms with E-state index in [0.29, 0.717) is 36.8 Å². The molecule has 2 heterocycles. The van der Waals surface area contributed by atoms with E-state index in [1.165, 1.54) is 0 Å². The predicted molar refractivity (Wildman–Crippen MR) is 118 cm³/mol. The number of carbonyl (C=O) groups is 2. The van der Waals surface area contributed by atoms with E-state index in [1.54, 1.807) is 6.07 Å². The fourth-order valence-corrected chi connectivity index (χ4v) is 4.49. The zero-order valence-electron chi connectivity index (χ0n) is 16.9. The molecule has 0 spiro atoms. The third-order valence-electron chi connectivity index (χ3n) is 5.55. The summed E-state index contributed by atoms with van der Waals surface area (Å²) in [5, 5.41) is 2.95. The maximum Gasteiger partial charge on any atom is 0.238 e. The fraction of sp³-hybridized carbons (Fsp3) is 0.391. The van der Waals surface area contributed by atoms with Crippen LogP contribution in [0.15, 0.2) is 40.9 Å². The highest BCUT2D eigenvalue weighted by molar-refractivity contribution is 9.10. The van der Waals surface area contributed by atoms with Gasteiger partial charge in [0.25, 0.3) is 0 Å². The van der Waals surface area contributed by atoms with Crippen LogP contribution in [0.5, 0.6) is 11.5 Å². The minimum Gasteiger partial charge on any atom is -0.486 e. The molecule has 1 N–H and O–H groups in total. The van der Waals surface area contributed by atoms with Crippen LogP contribution in [0, 0.1) is 12.8 Å². The number of ketones is 1. The van der Waals surface area contributed by atoms with Crippen molar-refractivity contribution in [3.05, 3.63) is 52.0 Å². The molecule has 0 radical (unpaired) electrons. The molecule has 158 valence electrons. The molecule has 0 bridgehead atoms. The van der Waals surface area contributed by atoms with Crippen molar-refractivity contribution in [3.8, 4) is 11.5 Å². The van der Waals surface area contributed by atoms with Gasteiger partial charge in [-0.25, -0.2) is 0 Å². The van der Waals surface area contributed by atoms with Gasteiger partial charge in [0.15, 0.2) is 17.3 Å². The first kappa shape index (κ1) is 20.9. The average molecular weight is 473 g/mol. The number of halogens is 1. The number of rotatable bonds is 5. The van der Waals surface area contributed by atoms with Crippen LogP contribution in [0.2, 0.25) is 0 Å². The van der Waals surface area contributed by atoms with Crippen LogP contribution in [0.4, 0.5) is 5.69 Å². The van der Waals surface area contributed by atoms with Crippen molar-refractivity contribution in [1.29, 1.82) is 0 Å². The van der Waals surface area contributed by atoms with Crippen LogP contribution in [-0.2, 0) is 4.79 Å². The van der Waals surface area contributed by atoms with Gasteiger partial charge in [-0.05, 0) is 84.7 Å².